The predicted molar refractivity (Wildman–Crippen MR) is 103 cm³/mol. The van der Waals surface area contributed by atoms with Crippen LogP contribution in [0.1, 0.15) is 10.4 Å². The van der Waals surface area contributed by atoms with E-state index in [0.717, 1.165) is 21.8 Å². The molecular formula is C19H16N6OS. The maximum Gasteiger partial charge on any atom is 0.252 e. The van der Waals surface area contributed by atoms with Crippen LogP contribution in [-0.2, 0) is 6.54 Å². The van der Waals surface area contributed by atoms with Crippen molar-refractivity contribution in [3.05, 3.63) is 72.4 Å². The molecule has 0 bridgehead atoms. The summed E-state index contributed by atoms with van der Waals surface area (Å²) >= 11 is 1.64. The van der Waals surface area contributed by atoms with E-state index in [4.69, 9.17) is 0 Å². The van der Waals surface area contributed by atoms with Crippen LogP contribution in [-0.4, -0.2) is 37.2 Å². The zero-order chi connectivity index (χ0) is 18.5. The molecule has 27 heavy (non-hydrogen) atoms. The quantitative estimate of drug-likeness (QED) is 0.559. The van der Waals surface area contributed by atoms with Crippen LogP contribution in [0.2, 0.25) is 0 Å². The summed E-state index contributed by atoms with van der Waals surface area (Å²) in [4.78, 5) is 25.8. The van der Waals surface area contributed by atoms with Gasteiger partial charge in [-0.25, -0.2) is 0 Å². The molecule has 8 heteroatoms. The lowest BCUT2D eigenvalue weighted by atomic mass is 10.1. The Kier molecular flexibility index (Phi) is 4.97. The first kappa shape index (κ1) is 17.0. The second-order valence-corrected chi connectivity index (χ2v) is 6.64. The molecule has 1 amide bonds. The standard InChI is InChI=1S/C19H16N6OS/c26-19(14-3-1-5-20-11-14)23-8-9-25-18(17-4-2-10-27-17)15(12-24-25)16-13-21-6-7-22-16/h1-7,10-13H,8-9H2,(H,23,26). The van der Waals surface area contributed by atoms with Gasteiger partial charge in [-0.3, -0.25) is 24.4 Å². The normalized spacial score (nSPS) is 10.7. The van der Waals surface area contributed by atoms with Gasteiger partial charge < -0.3 is 5.32 Å². The summed E-state index contributed by atoms with van der Waals surface area (Å²) in [6.07, 6.45) is 10.0. The van der Waals surface area contributed by atoms with Gasteiger partial charge >= 0.3 is 0 Å². The van der Waals surface area contributed by atoms with Crippen LogP contribution in [0.4, 0.5) is 0 Å². The fourth-order valence-electron chi connectivity index (χ4n) is 2.73. The molecule has 0 unspecified atom stereocenters. The second kappa shape index (κ2) is 7.88. The molecule has 0 spiro atoms. The molecule has 134 valence electrons. The van der Waals surface area contributed by atoms with Gasteiger partial charge in [0.1, 0.15) is 0 Å². The minimum Gasteiger partial charge on any atom is -0.350 e. The maximum atomic E-state index is 12.2. The van der Waals surface area contributed by atoms with Crippen molar-refractivity contribution in [2.24, 2.45) is 0 Å². The number of nitrogens with one attached hydrogen (secondary N) is 1. The maximum absolute atomic E-state index is 12.2. The number of hydrogen-bond acceptors (Lipinski definition) is 6. The molecule has 1 N–H and O–H groups in total. The lowest BCUT2D eigenvalue weighted by molar-refractivity contribution is 0.0951. The van der Waals surface area contributed by atoms with Crippen LogP contribution in [0, 0.1) is 0 Å². The highest BCUT2D eigenvalue weighted by Crippen LogP contribution is 2.33. The number of aromatic nitrogens is 5. The number of nitrogens with zero attached hydrogens (tertiary/aromatic N) is 5. The van der Waals surface area contributed by atoms with Gasteiger partial charge in [-0.2, -0.15) is 5.10 Å². The van der Waals surface area contributed by atoms with Crippen LogP contribution in [0.25, 0.3) is 21.8 Å². The number of amides is 1. The molecule has 0 aliphatic rings. The van der Waals surface area contributed by atoms with Crippen molar-refractivity contribution < 1.29 is 4.79 Å². The lowest BCUT2D eigenvalue weighted by Crippen LogP contribution is -2.27. The van der Waals surface area contributed by atoms with Gasteiger partial charge in [-0.1, -0.05) is 6.07 Å². The van der Waals surface area contributed by atoms with Crippen LogP contribution >= 0.6 is 11.3 Å². The molecule has 0 fully saturated rings. The van der Waals surface area contributed by atoms with E-state index < -0.39 is 0 Å². The highest BCUT2D eigenvalue weighted by molar-refractivity contribution is 7.13. The Morgan fingerprint density at radius 1 is 1.07 bits per heavy atom. The Balaban J connectivity index is 1.55. The average Bonchev–Trinajstić information content (AvgIpc) is 3.39. The van der Waals surface area contributed by atoms with E-state index >= 15 is 0 Å². The molecule has 0 saturated heterocycles. The molecule has 0 aromatic carbocycles. The Bertz CT molecular complexity index is 1020. The van der Waals surface area contributed by atoms with Crippen molar-refractivity contribution in [2.45, 2.75) is 6.54 Å². The third-order valence-electron chi connectivity index (χ3n) is 3.97. The summed E-state index contributed by atoms with van der Waals surface area (Å²) in [6, 6.07) is 7.53. The van der Waals surface area contributed by atoms with Crippen molar-refractivity contribution in [1.82, 2.24) is 30.0 Å². The molecule has 0 aliphatic heterocycles. The number of carbonyl (C=O) groups excluding carboxylic acids is 1. The third kappa shape index (κ3) is 3.75. The molecule has 7 nitrogen and oxygen atoms in total. The summed E-state index contributed by atoms with van der Waals surface area (Å²) in [5, 5.41) is 9.44. The number of carbonyl (C=O) groups is 1. The predicted octanol–water partition coefficient (Wildman–Crippen LogP) is 2.89. The minimum absolute atomic E-state index is 0.151. The summed E-state index contributed by atoms with van der Waals surface area (Å²) in [7, 11) is 0. The van der Waals surface area contributed by atoms with Crippen molar-refractivity contribution in [3.63, 3.8) is 0 Å². The van der Waals surface area contributed by atoms with Gasteiger partial charge in [0.25, 0.3) is 5.91 Å². The SMILES string of the molecule is O=C(NCCn1ncc(-c2cnccn2)c1-c1cccs1)c1cccnc1. The zero-order valence-electron chi connectivity index (χ0n) is 14.3. The van der Waals surface area contributed by atoms with E-state index in [0.29, 0.717) is 18.7 Å². The number of hydrogen-bond donors (Lipinski definition) is 1. The molecule has 0 saturated carbocycles. The fraction of sp³-hybridized carbons (Fsp3) is 0.105. The first-order chi connectivity index (χ1) is 13.3. The Morgan fingerprint density at radius 3 is 2.74 bits per heavy atom. The molecule has 4 rings (SSSR count). The largest absolute Gasteiger partial charge is 0.350 e. The minimum atomic E-state index is -0.151. The van der Waals surface area contributed by atoms with E-state index in [1.807, 2.05) is 22.2 Å². The van der Waals surface area contributed by atoms with Crippen LogP contribution in [0.3, 0.4) is 0 Å². The third-order valence-corrected chi connectivity index (χ3v) is 4.84. The summed E-state index contributed by atoms with van der Waals surface area (Å²) in [5.74, 6) is -0.151. The van der Waals surface area contributed by atoms with Gasteiger partial charge in [0.15, 0.2) is 0 Å². The molecule has 0 atom stereocenters. The average molecular weight is 376 g/mol. The molecule has 4 heterocycles. The monoisotopic (exact) mass is 376 g/mol. The smallest absolute Gasteiger partial charge is 0.252 e. The topological polar surface area (TPSA) is 85.6 Å². The van der Waals surface area contributed by atoms with Gasteiger partial charge in [0, 0.05) is 36.9 Å². The Hall–Kier alpha value is -3.39. The Labute approximate surface area is 159 Å². The van der Waals surface area contributed by atoms with Crippen LogP contribution in [0.5, 0.6) is 0 Å². The highest BCUT2D eigenvalue weighted by Gasteiger charge is 2.16. The van der Waals surface area contributed by atoms with Gasteiger partial charge in [0.2, 0.25) is 0 Å². The van der Waals surface area contributed by atoms with Crippen molar-refractivity contribution in [3.8, 4) is 21.8 Å². The summed E-state index contributed by atoms with van der Waals surface area (Å²) in [6.45, 7) is 0.993. The number of thiophene rings is 1. The molecule has 4 aromatic rings. The van der Waals surface area contributed by atoms with Crippen molar-refractivity contribution in [2.75, 3.05) is 6.54 Å². The molecule has 4 aromatic heterocycles. The first-order valence-corrected chi connectivity index (χ1v) is 9.25. The molecule has 0 aliphatic carbocycles. The molecule has 0 radical (unpaired) electrons. The van der Waals surface area contributed by atoms with Gasteiger partial charge in [-0.05, 0) is 23.6 Å². The van der Waals surface area contributed by atoms with E-state index in [1.165, 1.54) is 0 Å². The second-order valence-electron chi connectivity index (χ2n) is 5.70. The van der Waals surface area contributed by atoms with E-state index in [9.17, 15) is 4.79 Å². The first-order valence-electron chi connectivity index (χ1n) is 8.37. The Morgan fingerprint density at radius 2 is 2.00 bits per heavy atom. The summed E-state index contributed by atoms with van der Waals surface area (Å²) < 4.78 is 1.89. The van der Waals surface area contributed by atoms with E-state index in [2.05, 4.69) is 25.4 Å². The van der Waals surface area contributed by atoms with Crippen molar-refractivity contribution >= 4 is 17.2 Å². The summed E-state index contributed by atoms with van der Waals surface area (Å²) in [5.41, 5.74) is 3.20. The van der Waals surface area contributed by atoms with Crippen LogP contribution < -0.4 is 5.32 Å². The van der Waals surface area contributed by atoms with E-state index in [1.54, 1.807) is 60.7 Å². The number of rotatable bonds is 6. The highest BCUT2D eigenvalue weighted by atomic mass is 32.1. The van der Waals surface area contributed by atoms with Gasteiger partial charge in [-0.15, -0.1) is 11.3 Å². The zero-order valence-corrected chi connectivity index (χ0v) is 15.1. The van der Waals surface area contributed by atoms with Gasteiger partial charge in [0.05, 0.1) is 40.8 Å². The number of pyridine rings is 1. The van der Waals surface area contributed by atoms with E-state index in [-0.39, 0.29) is 5.91 Å². The molecular weight excluding hydrogens is 360 g/mol. The lowest BCUT2D eigenvalue weighted by Gasteiger charge is -2.09. The van der Waals surface area contributed by atoms with Crippen molar-refractivity contribution in [1.29, 1.82) is 0 Å². The fourth-order valence-corrected chi connectivity index (χ4v) is 3.52. The van der Waals surface area contributed by atoms with Crippen LogP contribution in [0.15, 0.2) is 66.8 Å².